The molecule has 7 atom stereocenters. The Kier molecular flexibility index (Phi) is 28.5. The van der Waals surface area contributed by atoms with E-state index in [1.165, 1.54) is 14.2 Å². The van der Waals surface area contributed by atoms with Gasteiger partial charge in [-0.3, -0.25) is 36.2 Å². The molecule has 0 spiro atoms. The molecule has 27 heteroatoms. The molecule has 1 saturated heterocycles. The molecule has 0 saturated carbocycles. The first kappa shape index (κ1) is 54.2. The van der Waals surface area contributed by atoms with Crippen molar-refractivity contribution in [1.29, 1.82) is 0 Å². The number of aliphatic hydroxyl groups excluding tert-OH is 1. The second-order valence-electron chi connectivity index (χ2n) is 11.4. The molecular formula is C29H61O22P5. The number of terminal acetylenes is 1. The van der Waals surface area contributed by atoms with Gasteiger partial charge in [0.25, 0.3) is 0 Å². The van der Waals surface area contributed by atoms with Gasteiger partial charge in [-0.15, -0.1) is 12.3 Å². The zero-order valence-electron chi connectivity index (χ0n) is 32.9. The van der Waals surface area contributed by atoms with Gasteiger partial charge in [0.1, 0.15) is 0 Å². The topological polar surface area (TPSA) is 256 Å². The van der Waals surface area contributed by atoms with Crippen LogP contribution in [-0.2, 0) is 90.9 Å². The van der Waals surface area contributed by atoms with Crippen LogP contribution in [0.1, 0.15) is 58.3 Å². The number of phosphoric ester groups is 4. The van der Waals surface area contributed by atoms with E-state index in [9.17, 15) is 28.3 Å². The number of phosphoric acid groups is 4. The van der Waals surface area contributed by atoms with Gasteiger partial charge in [-0.25, -0.2) is 13.7 Å². The molecule has 1 aliphatic rings. The van der Waals surface area contributed by atoms with Crippen molar-refractivity contribution < 1.29 is 101 Å². The summed E-state index contributed by atoms with van der Waals surface area (Å²) >= 11 is 0. The van der Waals surface area contributed by atoms with E-state index in [1.54, 1.807) is 0 Å². The fourth-order valence-corrected chi connectivity index (χ4v) is 9.24. The summed E-state index contributed by atoms with van der Waals surface area (Å²) in [4.78, 5) is 10.5. The van der Waals surface area contributed by atoms with Crippen LogP contribution in [0.4, 0.5) is 0 Å². The van der Waals surface area contributed by atoms with Crippen LogP contribution < -0.4 is 0 Å². The quantitative estimate of drug-likeness (QED) is 0.0404. The monoisotopic (exact) mass is 916 g/mol. The van der Waals surface area contributed by atoms with E-state index in [0.717, 1.165) is 21.3 Å². The SMILES string of the molecule is C#CCCCCOP(=O)(OC)OCCCOP(=O)(OC)OCCCOP(=O)(OC)OCCCOP(=O)(OC)OCCCO[PH](O)(OC)OCC1OC(C)CC1O. The zero-order valence-corrected chi connectivity index (χ0v) is 37.5. The van der Waals surface area contributed by atoms with E-state index in [2.05, 4.69) is 5.92 Å². The number of unbranched alkanes of at least 4 members (excludes halogenated alkanes) is 2. The molecule has 56 heavy (non-hydrogen) atoms. The van der Waals surface area contributed by atoms with Gasteiger partial charge in [-0.1, -0.05) is 0 Å². The summed E-state index contributed by atoms with van der Waals surface area (Å²) in [5, 5.41) is 9.98. The minimum absolute atomic E-state index is 0.0831. The van der Waals surface area contributed by atoms with Crippen LogP contribution in [0.5, 0.6) is 0 Å². The third kappa shape index (κ3) is 23.3. The molecule has 0 bridgehead atoms. The third-order valence-electron chi connectivity index (χ3n) is 7.14. The van der Waals surface area contributed by atoms with Crippen LogP contribution in [0.3, 0.4) is 0 Å². The molecule has 1 aliphatic heterocycles. The van der Waals surface area contributed by atoms with E-state index < -0.39 is 51.7 Å². The molecule has 0 radical (unpaired) electrons. The molecule has 0 aromatic heterocycles. The Morgan fingerprint density at radius 1 is 0.607 bits per heavy atom. The molecule has 1 rings (SSSR count). The van der Waals surface area contributed by atoms with Crippen LogP contribution in [0, 0.1) is 12.3 Å². The maximum atomic E-state index is 12.8. The van der Waals surface area contributed by atoms with Gasteiger partial charge in [-0.05, 0) is 25.7 Å². The van der Waals surface area contributed by atoms with Gasteiger partial charge in [0.15, 0.2) is 0 Å². The van der Waals surface area contributed by atoms with Crippen molar-refractivity contribution in [3.63, 3.8) is 0 Å². The standard InChI is InChI=1S/C29H61O22P5/c1-8-9-10-11-16-41-52(31,36-3)42-17-12-18-43-53(32,37-4)44-19-13-20-45-54(33,38-5)46-21-14-22-47-55(34,39-6)48-23-15-24-49-56(35,40-7)50-26-29-28(30)25-27(2)51-29/h1,27-30,35,56H,9-26H2,2-7H3. The first-order valence-electron chi connectivity index (χ1n) is 17.7. The molecule has 7 unspecified atom stereocenters. The normalized spacial score (nSPS) is 22.2. The molecule has 334 valence electrons. The van der Waals surface area contributed by atoms with Gasteiger partial charge < -0.3 is 0 Å². The Morgan fingerprint density at radius 2 is 0.964 bits per heavy atom. The minimum atomic E-state index is -4.02. The average Bonchev–Trinajstić information content (AvgIpc) is 3.52. The Bertz CT molecular complexity index is 1290. The number of ether oxygens (including phenoxy) is 1. The van der Waals surface area contributed by atoms with Gasteiger partial charge in [0.05, 0.1) is 33.0 Å². The van der Waals surface area contributed by atoms with Crippen molar-refractivity contribution in [2.75, 3.05) is 102 Å². The average molecular weight is 917 g/mol. The van der Waals surface area contributed by atoms with Crippen LogP contribution >= 0.6 is 39.5 Å². The maximum absolute atomic E-state index is 12.8. The second-order valence-corrected chi connectivity index (χ2v) is 20.6. The van der Waals surface area contributed by atoms with Crippen molar-refractivity contribution in [1.82, 2.24) is 0 Å². The Hall–Kier alpha value is 0.190. The van der Waals surface area contributed by atoms with E-state index in [-0.39, 0.29) is 97.9 Å². The Morgan fingerprint density at radius 3 is 1.27 bits per heavy atom. The number of rotatable bonds is 37. The van der Waals surface area contributed by atoms with Crippen molar-refractivity contribution >= 4 is 39.5 Å². The van der Waals surface area contributed by atoms with Crippen LogP contribution in [0.15, 0.2) is 0 Å². The van der Waals surface area contributed by atoms with Gasteiger partial charge in [0, 0.05) is 27.8 Å². The summed E-state index contributed by atoms with van der Waals surface area (Å²) < 4.78 is 133. The first-order valence-corrected chi connectivity index (χ1v) is 25.2. The summed E-state index contributed by atoms with van der Waals surface area (Å²) in [6.45, 7) is 0.668. The zero-order chi connectivity index (χ0) is 42.0. The van der Waals surface area contributed by atoms with E-state index >= 15 is 0 Å². The van der Waals surface area contributed by atoms with Crippen molar-refractivity contribution in [3.8, 4) is 12.3 Å². The van der Waals surface area contributed by atoms with Crippen molar-refractivity contribution in [2.45, 2.75) is 76.6 Å². The third-order valence-corrected chi connectivity index (χ3v) is 14.5. The van der Waals surface area contributed by atoms with Gasteiger partial charge >= 0.3 is 182 Å². The van der Waals surface area contributed by atoms with Gasteiger partial charge in [-0.2, -0.15) is 0 Å². The fraction of sp³-hybridized carbons (Fsp3) is 0.931. The Labute approximate surface area is 330 Å². The van der Waals surface area contributed by atoms with Crippen molar-refractivity contribution in [3.05, 3.63) is 0 Å². The molecule has 22 nitrogen and oxygen atoms in total. The van der Waals surface area contributed by atoms with Crippen LogP contribution in [-0.4, -0.2) is 130 Å². The predicted octanol–water partition coefficient (Wildman–Crippen LogP) is 6.12. The second kappa shape index (κ2) is 29.4. The molecule has 1 heterocycles. The summed E-state index contributed by atoms with van der Waals surface area (Å²) in [7, 11) is -13.9. The first-order chi connectivity index (χ1) is 26.6. The fourth-order valence-electron chi connectivity index (χ4n) is 4.18. The molecule has 0 amide bonds. The molecule has 0 aromatic rings. The van der Waals surface area contributed by atoms with E-state index in [1.807, 2.05) is 6.92 Å². The Balaban J connectivity index is 2.27. The van der Waals surface area contributed by atoms with E-state index in [0.29, 0.717) is 25.7 Å². The molecule has 0 aliphatic carbocycles. The molecule has 2 N–H and O–H groups in total. The summed E-state index contributed by atoms with van der Waals surface area (Å²) in [5.41, 5.74) is 0. The molecular weight excluding hydrogens is 855 g/mol. The number of hydrogen-bond acceptors (Lipinski definition) is 22. The van der Waals surface area contributed by atoms with Crippen LogP contribution in [0.25, 0.3) is 0 Å². The number of hydrogen-bond donors (Lipinski definition) is 2. The van der Waals surface area contributed by atoms with Crippen molar-refractivity contribution in [2.24, 2.45) is 0 Å². The molecule has 0 aromatic carbocycles. The summed E-state index contributed by atoms with van der Waals surface area (Å²) in [5.74, 6) is 2.50. The van der Waals surface area contributed by atoms with E-state index in [4.69, 9.17) is 79.0 Å². The van der Waals surface area contributed by atoms with Gasteiger partial charge in [0.2, 0.25) is 0 Å². The summed E-state index contributed by atoms with van der Waals surface area (Å²) in [6.07, 6.45) is 6.50. The van der Waals surface area contributed by atoms with Crippen LogP contribution in [0.2, 0.25) is 0 Å². The molecule has 1 fully saturated rings. The number of aliphatic hydroxyl groups is 1. The summed E-state index contributed by atoms with van der Waals surface area (Å²) in [6, 6.07) is 0. The predicted molar refractivity (Wildman–Crippen MR) is 202 cm³/mol.